The number of hydrogen-bond acceptors (Lipinski definition) is 4. The number of allylic oxidation sites excluding steroid dienone is 1. The highest BCUT2D eigenvalue weighted by Gasteiger charge is 2.39. The van der Waals surface area contributed by atoms with Gasteiger partial charge < -0.3 is 14.2 Å². The van der Waals surface area contributed by atoms with Crippen molar-refractivity contribution in [2.45, 2.75) is 57.7 Å². The minimum Gasteiger partial charge on any atom is -0.493 e. The van der Waals surface area contributed by atoms with E-state index in [1.54, 1.807) is 14.2 Å². The van der Waals surface area contributed by atoms with Gasteiger partial charge in [-0.25, -0.2) is 4.79 Å². The molecule has 0 aromatic heterocycles. The lowest BCUT2D eigenvalue weighted by molar-refractivity contribution is 0.00859. The summed E-state index contributed by atoms with van der Waals surface area (Å²) < 4.78 is 16.6. The summed E-state index contributed by atoms with van der Waals surface area (Å²) in [5, 5.41) is 0. The average Bonchev–Trinajstić information content (AvgIpc) is 2.58. The molecule has 0 fully saturated rings. The minimum atomic E-state index is -0.505. The summed E-state index contributed by atoms with van der Waals surface area (Å²) in [5.41, 5.74) is 1.78. The smallest absolute Gasteiger partial charge is 0.410 e. The van der Waals surface area contributed by atoms with Crippen LogP contribution in [0.4, 0.5) is 4.79 Å². The van der Waals surface area contributed by atoms with E-state index in [9.17, 15) is 4.79 Å². The van der Waals surface area contributed by atoms with E-state index in [0.29, 0.717) is 12.3 Å². The fourth-order valence-electron chi connectivity index (χ4n) is 3.68. The molecular weight excluding hydrogens is 318 g/mol. The van der Waals surface area contributed by atoms with Crippen molar-refractivity contribution in [3.8, 4) is 11.5 Å². The molecule has 5 nitrogen and oxygen atoms in total. The second-order valence-electron chi connectivity index (χ2n) is 7.61. The van der Waals surface area contributed by atoms with Gasteiger partial charge in [-0.3, -0.25) is 4.90 Å². The van der Waals surface area contributed by atoms with Crippen LogP contribution in [0.15, 0.2) is 24.3 Å². The average molecular weight is 345 g/mol. The van der Waals surface area contributed by atoms with Crippen molar-refractivity contribution in [1.82, 2.24) is 4.90 Å². The molecule has 3 rings (SSSR count). The highest BCUT2D eigenvalue weighted by molar-refractivity contribution is 5.70. The molecule has 136 valence electrons. The van der Waals surface area contributed by atoms with Crippen LogP contribution in [-0.2, 0) is 11.3 Å². The molecule has 0 saturated carbocycles. The standard InChI is InChI=1S/C20H27NO4/c1-20(2,3)25-19(22)21-12-13-10-17(23-4)18(24-5)11-15(13)14-8-6-7-9-16(14)21/h6,8,10-11,14,16H,7,9,12H2,1-5H3/t14-,16-/m0/s1. The molecule has 1 aromatic carbocycles. The zero-order valence-corrected chi connectivity index (χ0v) is 15.7. The normalized spacial score (nSPS) is 22.0. The molecule has 25 heavy (non-hydrogen) atoms. The largest absolute Gasteiger partial charge is 0.493 e. The van der Waals surface area contributed by atoms with Crippen molar-refractivity contribution in [1.29, 1.82) is 0 Å². The van der Waals surface area contributed by atoms with Crippen LogP contribution < -0.4 is 9.47 Å². The van der Waals surface area contributed by atoms with Crippen molar-refractivity contribution in [2.75, 3.05) is 14.2 Å². The Labute approximate surface area is 149 Å². The number of hydrogen-bond donors (Lipinski definition) is 0. The van der Waals surface area contributed by atoms with Gasteiger partial charge >= 0.3 is 6.09 Å². The van der Waals surface area contributed by atoms with Gasteiger partial charge in [0.05, 0.1) is 14.2 Å². The first-order valence-corrected chi connectivity index (χ1v) is 8.75. The van der Waals surface area contributed by atoms with Crippen LogP contribution in [0.1, 0.15) is 50.7 Å². The topological polar surface area (TPSA) is 48.0 Å². The van der Waals surface area contributed by atoms with Gasteiger partial charge in [-0.2, -0.15) is 0 Å². The number of carbonyl (C=O) groups excluding carboxylic acids is 1. The monoisotopic (exact) mass is 345 g/mol. The number of methoxy groups -OCH3 is 2. The van der Waals surface area contributed by atoms with Crippen molar-refractivity contribution in [3.05, 3.63) is 35.4 Å². The Hall–Kier alpha value is -2.17. The Kier molecular flexibility index (Phi) is 4.67. The summed E-state index contributed by atoms with van der Waals surface area (Å²) in [6, 6.07) is 4.14. The molecular formula is C20H27NO4. The Balaban J connectivity index is 2.01. The molecule has 0 N–H and O–H groups in total. The van der Waals surface area contributed by atoms with Crippen molar-refractivity contribution < 1.29 is 19.0 Å². The molecule has 1 amide bonds. The highest BCUT2D eigenvalue weighted by atomic mass is 16.6. The van der Waals surface area contributed by atoms with E-state index in [1.165, 1.54) is 5.56 Å². The summed E-state index contributed by atoms with van der Waals surface area (Å²) in [6.07, 6.45) is 6.06. The summed E-state index contributed by atoms with van der Waals surface area (Å²) >= 11 is 0. The SMILES string of the molecule is COc1cc2c(cc1OC)[C@@H]1C=CCC[C@@H]1N(C(=O)OC(C)(C)C)C2. The third-order valence-electron chi connectivity index (χ3n) is 4.76. The van der Waals surface area contributed by atoms with Crippen LogP contribution in [0.3, 0.4) is 0 Å². The van der Waals surface area contributed by atoms with Crippen LogP contribution >= 0.6 is 0 Å². The van der Waals surface area contributed by atoms with Crippen LogP contribution in [0.5, 0.6) is 11.5 Å². The first kappa shape index (κ1) is 17.6. The predicted molar refractivity (Wildman–Crippen MR) is 96.2 cm³/mol. The molecule has 1 heterocycles. The van der Waals surface area contributed by atoms with Crippen molar-refractivity contribution in [2.24, 2.45) is 0 Å². The van der Waals surface area contributed by atoms with Crippen molar-refractivity contribution >= 4 is 6.09 Å². The first-order valence-electron chi connectivity index (χ1n) is 8.75. The first-order chi connectivity index (χ1) is 11.8. The Morgan fingerprint density at radius 3 is 2.48 bits per heavy atom. The number of fused-ring (bicyclic) bond motifs is 3. The maximum absolute atomic E-state index is 12.8. The number of amides is 1. The van der Waals surface area contributed by atoms with Crippen LogP contribution in [-0.4, -0.2) is 36.9 Å². The third kappa shape index (κ3) is 3.46. The maximum atomic E-state index is 12.8. The number of benzene rings is 1. The van der Waals surface area contributed by atoms with Gasteiger partial charge in [-0.1, -0.05) is 12.2 Å². The second-order valence-corrected chi connectivity index (χ2v) is 7.61. The second kappa shape index (κ2) is 6.62. The van der Waals surface area contributed by atoms with E-state index in [2.05, 4.69) is 12.2 Å². The van der Waals surface area contributed by atoms with E-state index in [1.807, 2.05) is 37.8 Å². The van der Waals surface area contributed by atoms with Gasteiger partial charge in [0, 0.05) is 18.5 Å². The summed E-state index contributed by atoms with van der Waals surface area (Å²) in [4.78, 5) is 14.6. The summed E-state index contributed by atoms with van der Waals surface area (Å²) in [5.74, 6) is 1.57. The number of ether oxygens (including phenoxy) is 3. The molecule has 2 aliphatic rings. The van der Waals surface area contributed by atoms with E-state index >= 15 is 0 Å². The van der Waals surface area contributed by atoms with Gasteiger partial charge in [-0.15, -0.1) is 0 Å². The van der Waals surface area contributed by atoms with Gasteiger partial charge in [0.1, 0.15) is 5.60 Å². The summed E-state index contributed by atoms with van der Waals surface area (Å²) in [6.45, 7) is 6.22. The molecule has 2 atom stereocenters. The molecule has 5 heteroatoms. The number of carbonyl (C=O) groups is 1. The number of rotatable bonds is 2. The Morgan fingerprint density at radius 2 is 1.84 bits per heavy atom. The van der Waals surface area contributed by atoms with E-state index in [0.717, 1.165) is 24.2 Å². The third-order valence-corrected chi connectivity index (χ3v) is 4.76. The Morgan fingerprint density at radius 1 is 1.16 bits per heavy atom. The zero-order chi connectivity index (χ0) is 18.2. The Bertz CT molecular complexity index is 690. The van der Waals surface area contributed by atoms with Gasteiger partial charge in [0.15, 0.2) is 11.5 Å². The van der Waals surface area contributed by atoms with E-state index in [-0.39, 0.29) is 18.1 Å². The van der Waals surface area contributed by atoms with Gasteiger partial charge in [0.25, 0.3) is 0 Å². The van der Waals surface area contributed by atoms with Crippen LogP contribution in [0.25, 0.3) is 0 Å². The quantitative estimate of drug-likeness (QED) is 0.752. The lowest BCUT2D eigenvalue weighted by atomic mass is 9.78. The molecule has 0 spiro atoms. The fraction of sp³-hybridized carbons (Fsp3) is 0.550. The van der Waals surface area contributed by atoms with E-state index in [4.69, 9.17) is 14.2 Å². The summed E-state index contributed by atoms with van der Waals surface area (Å²) in [7, 11) is 3.27. The van der Waals surface area contributed by atoms with Gasteiger partial charge in [0.2, 0.25) is 0 Å². The maximum Gasteiger partial charge on any atom is 0.410 e. The molecule has 0 unspecified atom stereocenters. The fourth-order valence-corrected chi connectivity index (χ4v) is 3.68. The van der Waals surface area contributed by atoms with Gasteiger partial charge in [-0.05, 0) is 56.9 Å². The van der Waals surface area contributed by atoms with Crippen molar-refractivity contribution in [3.63, 3.8) is 0 Å². The molecule has 1 aromatic rings. The lowest BCUT2D eigenvalue weighted by Gasteiger charge is -2.43. The minimum absolute atomic E-state index is 0.116. The molecule has 0 radical (unpaired) electrons. The molecule has 1 aliphatic heterocycles. The number of nitrogens with zero attached hydrogens (tertiary/aromatic N) is 1. The zero-order valence-electron chi connectivity index (χ0n) is 15.7. The predicted octanol–water partition coefficient (Wildman–Crippen LogP) is 4.26. The molecule has 0 saturated heterocycles. The van der Waals surface area contributed by atoms with Crippen LogP contribution in [0, 0.1) is 0 Å². The highest BCUT2D eigenvalue weighted by Crippen LogP contribution is 2.43. The molecule has 1 aliphatic carbocycles. The lowest BCUT2D eigenvalue weighted by Crippen LogP contribution is -2.48. The van der Waals surface area contributed by atoms with Crippen LogP contribution in [0.2, 0.25) is 0 Å². The van der Waals surface area contributed by atoms with E-state index < -0.39 is 5.60 Å². The molecule has 0 bridgehead atoms.